The number of carboxylic acids is 1. The first-order valence-corrected chi connectivity index (χ1v) is 11.0. The van der Waals surface area contributed by atoms with Crippen LogP contribution in [-0.4, -0.2) is 28.8 Å². The molecule has 2 N–H and O–H groups in total. The van der Waals surface area contributed by atoms with Crippen LogP contribution in [0, 0.1) is 5.92 Å². The van der Waals surface area contributed by atoms with E-state index in [4.69, 9.17) is 0 Å². The third-order valence-electron chi connectivity index (χ3n) is 5.31. The predicted octanol–water partition coefficient (Wildman–Crippen LogP) is 4.64. The number of thiol groups is 1. The number of rotatable bonds is 10. The summed E-state index contributed by atoms with van der Waals surface area (Å²) in [6, 6.07) is 26.9. The summed E-state index contributed by atoms with van der Waals surface area (Å²) in [5, 5.41) is 12.3. The first kappa shape index (κ1) is 22.6. The zero-order valence-corrected chi connectivity index (χ0v) is 18.2. The molecule has 1 unspecified atom stereocenters. The Morgan fingerprint density at radius 2 is 1.39 bits per heavy atom. The van der Waals surface area contributed by atoms with Crippen LogP contribution in [0.25, 0.3) is 11.1 Å². The van der Waals surface area contributed by atoms with Crippen molar-refractivity contribution in [2.45, 2.75) is 25.3 Å². The Bertz CT molecular complexity index is 975. The second-order valence-corrected chi connectivity index (χ2v) is 7.94. The molecule has 0 saturated carbocycles. The van der Waals surface area contributed by atoms with Crippen molar-refractivity contribution in [1.82, 2.24) is 5.32 Å². The van der Waals surface area contributed by atoms with Crippen molar-refractivity contribution in [3.63, 3.8) is 0 Å². The molecule has 160 valence electrons. The quantitative estimate of drug-likeness (QED) is 0.408. The molecule has 31 heavy (non-hydrogen) atoms. The van der Waals surface area contributed by atoms with Gasteiger partial charge in [-0.15, -0.1) is 0 Å². The summed E-state index contributed by atoms with van der Waals surface area (Å²) < 4.78 is 0. The number of aliphatic carboxylic acids is 1. The molecule has 0 fully saturated rings. The van der Waals surface area contributed by atoms with Crippen LogP contribution < -0.4 is 5.32 Å². The van der Waals surface area contributed by atoms with E-state index in [0.717, 1.165) is 22.3 Å². The van der Waals surface area contributed by atoms with Crippen LogP contribution in [0.1, 0.15) is 17.5 Å². The lowest BCUT2D eigenvalue weighted by Gasteiger charge is -2.19. The van der Waals surface area contributed by atoms with Gasteiger partial charge in [0.15, 0.2) is 0 Å². The highest BCUT2D eigenvalue weighted by molar-refractivity contribution is 7.80. The maximum absolute atomic E-state index is 12.8. The molecule has 0 heterocycles. The largest absolute Gasteiger partial charge is 0.480 e. The summed E-state index contributed by atoms with van der Waals surface area (Å²) in [6.07, 6.45) is 1.44. The number of benzene rings is 3. The second kappa shape index (κ2) is 11.4. The van der Waals surface area contributed by atoms with Gasteiger partial charge in [-0.05, 0) is 41.5 Å². The summed E-state index contributed by atoms with van der Waals surface area (Å²) in [7, 11) is 0. The van der Waals surface area contributed by atoms with Gasteiger partial charge in [-0.3, -0.25) is 4.79 Å². The molecule has 3 rings (SSSR count). The van der Waals surface area contributed by atoms with Crippen LogP contribution in [0.5, 0.6) is 0 Å². The number of aryl methyl sites for hydroxylation is 1. The molecule has 0 aliphatic carbocycles. The molecule has 0 spiro atoms. The lowest BCUT2D eigenvalue weighted by atomic mass is 9.97. The monoisotopic (exact) mass is 433 g/mol. The van der Waals surface area contributed by atoms with E-state index in [1.54, 1.807) is 0 Å². The lowest BCUT2D eigenvalue weighted by molar-refractivity contribution is -0.142. The van der Waals surface area contributed by atoms with Gasteiger partial charge in [0.25, 0.3) is 0 Å². The third kappa shape index (κ3) is 6.72. The van der Waals surface area contributed by atoms with Gasteiger partial charge in [0.2, 0.25) is 5.91 Å². The van der Waals surface area contributed by atoms with E-state index in [2.05, 4.69) is 30.1 Å². The number of amides is 1. The van der Waals surface area contributed by atoms with Gasteiger partial charge in [-0.1, -0.05) is 84.9 Å². The fourth-order valence-electron chi connectivity index (χ4n) is 3.49. The third-order valence-corrected chi connectivity index (χ3v) is 5.75. The molecule has 0 aliphatic rings. The van der Waals surface area contributed by atoms with Gasteiger partial charge in [0, 0.05) is 5.75 Å². The zero-order chi connectivity index (χ0) is 22.1. The zero-order valence-electron chi connectivity index (χ0n) is 17.3. The molecule has 3 aromatic rings. The van der Waals surface area contributed by atoms with Crippen molar-refractivity contribution in [2.75, 3.05) is 5.75 Å². The van der Waals surface area contributed by atoms with Crippen LogP contribution in [0.3, 0.4) is 0 Å². The predicted molar refractivity (Wildman–Crippen MR) is 127 cm³/mol. The van der Waals surface area contributed by atoms with Crippen molar-refractivity contribution in [3.05, 3.63) is 96.1 Å². The van der Waals surface area contributed by atoms with Gasteiger partial charge in [0.1, 0.15) is 6.04 Å². The molecule has 0 saturated heterocycles. The van der Waals surface area contributed by atoms with Crippen molar-refractivity contribution in [2.24, 2.45) is 5.92 Å². The van der Waals surface area contributed by atoms with E-state index in [-0.39, 0.29) is 5.91 Å². The number of nitrogens with one attached hydrogen (secondary N) is 1. The molecule has 0 aromatic heterocycles. The van der Waals surface area contributed by atoms with Crippen LogP contribution in [0.2, 0.25) is 0 Å². The lowest BCUT2D eigenvalue weighted by Crippen LogP contribution is -2.44. The molecule has 2 atom stereocenters. The average molecular weight is 434 g/mol. The minimum absolute atomic E-state index is 0.275. The summed E-state index contributed by atoms with van der Waals surface area (Å²) >= 11 is 4.34. The number of carbonyl (C=O) groups is 2. The summed E-state index contributed by atoms with van der Waals surface area (Å²) in [5.74, 6) is -1.35. The smallest absolute Gasteiger partial charge is 0.326 e. The van der Waals surface area contributed by atoms with E-state index in [1.165, 1.54) is 0 Å². The van der Waals surface area contributed by atoms with Gasteiger partial charge in [0.05, 0.1) is 5.92 Å². The van der Waals surface area contributed by atoms with Gasteiger partial charge in [-0.2, -0.15) is 12.6 Å². The molecule has 1 amide bonds. The number of carbonyl (C=O) groups excluding carboxylic acids is 1. The van der Waals surface area contributed by atoms with Crippen molar-refractivity contribution in [1.29, 1.82) is 0 Å². The first-order chi connectivity index (χ1) is 15.1. The van der Waals surface area contributed by atoms with Crippen LogP contribution in [-0.2, 0) is 22.4 Å². The molecule has 0 bridgehead atoms. The highest BCUT2D eigenvalue weighted by Crippen LogP contribution is 2.21. The van der Waals surface area contributed by atoms with Crippen molar-refractivity contribution >= 4 is 24.5 Å². The maximum atomic E-state index is 12.8. The topological polar surface area (TPSA) is 66.4 Å². The first-order valence-electron chi connectivity index (χ1n) is 10.4. The Morgan fingerprint density at radius 3 is 1.97 bits per heavy atom. The summed E-state index contributed by atoms with van der Waals surface area (Å²) in [5.41, 5.74) is 4.32. The maximum Gasteiger partial charge on any atom is 0.326 e. The Kier molecular flexibility index (Phi) is 8.30. The Labute approximate surface area is 188 Å². The van der Waals surface area contributed by atoms with Gasteiger partial charge >= 0.3 is 5.97 Å². The van der Waals surface area contributed by atoms with Gasteiger partial charge in [-0.25, -0.2) is 4.79 Å². The highest BCUT2D eigenvalue weighted by Gasteiger charge is 2.24. The van der Waals surface area contributed by atoms with Crippen molar-refractivity contribution < 1.29 is 14.7 Å². The number of carboxylic acid groups (broad SMARTS) is 1. The van der Waals surface area contributed by atoms with E-state index < -0.39 is 17.9 Å². The standard InChI is InChI=1S/C26H27NO3S/c28-25(27-24(26(29)30)16-13-19-7-3-1-4-8-19)23(18-31)17-20-11-14-22(15-12-20)21-9-5-2-6-10-21/h1-12,14-15,23-24,31H,13,16-18H2,(H,27,28)(H,29,30)/t23?,24-/m1/s1. The van der Waals surface area contributed by atoms with Crippen LogP contribution >= 0.6 is 12.6 Å². The molecule has 0 aliphatic heterocycles. The molecule has 5 heteroatoms. The van der Waals surface area contributed by atoms with E-state index in [9.17, 15) is 14.7 Å². The highest BCUT2D eigenvalue weighted by atomic mass is 32.1. The normalized spacial score (nSPS) is 12.7. The SMILES string of the molecule is O=C(N[C@H](CCc1ccccc1)C(=O)O)C(CS)Cc1ccc(-c2ccccc2)cc1. The molecule has 0 radical (unpaired) electrons. The Hall–Kier alpha value is -3.05. The fraction of sp³-hybridized carbons (Fsp3) is 0.231. The molecule has 4 nitrogen and oxygen atoms in total. The van der Waals surface area contributed by atoms with E-state index in [0.29, 0.717) is 25.0 Å². The molecular formula is C26H27NO3S. The number of hydrogen-bond donors (Lipinski definition) is 3. The van der Waals surface area contributed by atoms with E-state index in [1.807, 2.05) is 72.8 Å². The minimum atomic E-state index is -1.02. The summed E-state index contributed by atoms with van der Waals surface area (Å²) in [4.78, 5) is 24.4. The van der Waals surface area contributed by atoms with Crippen LogP contribution in [0.4, 0.5) is 0 Å². The Morgan fingerprint density at radius 1 is 0.806 bits per heavy atom. The average Bonchev–Trinajstić information content (AvgIpc) is 2.81. The molecular weight excluding hydrogens is 406 g/mol. The van der Waals surface area contributed by atoms with E-state index >= 15 is 0 Å². The summed E-state index contributed by atoms with van der Waals surface area (Å²) in [6.45, 7) is 0. The second-order valence-electron chi connectivity index (χ2n) is 7.57. The Balaban J connectivity index is 1.60. The van der Waals surface area contributed by atoms with Crippen molar-refractivity contribution in [3.8, 4) is 11.1 Å². The fourth-order valence-corrected chi connectivity index (χ4v) is 3.79. The minimum Gasteiger partial charge on any atom is -0.480 e. The molecule has 3 aromatic carbocycles. The van der Waals surface area contributed by atoms with Crippen LogP contribution in [0.15, 0.2) is 84.9 Å². The van der Waals surface area contributed by atoms with Gasteiger partial charge < -0.3 is 10.4 Å². The number of hydrogen-bond acceptors (Lipinski definition) is 3.